The van der Waals surface area contributed by atoms with Crippen LogP contribution in [0.3, 0.4) is 0 Å². The highest BCUT2D eigenvalue weighted by Gasteiger charge is 2.53. The number of esters is 1. The lowest BCUT2D eigenvalue weighted by atomic mass is 9.77. The van der Waals surface area contributed by atoms with Crippen LogP contribution >= 0.6 is 0 Å². The van der Waals surface area contributed by atoms with Crippen molar-refractivity contribution in [3.63, 3.8) is 0 Å². The van der Waals surface area contributed by atoms with E-state index in [-0.39, 0.29) is 5.97 Å². The maximum Gasteiger partial charge on any atom is 0.340 e. The number of nitrogen functional groups attached to an aromatic ring is 1. The molecule has 0 aromatic heterocycles. The molecule has 134 valence electrons. The first-order chi connectivity index (χ1) is 13.0. The van der Waals surface area contributed by atoms with Gasteiger partial charge in [0, 0.05) is 28.4 Å². The highest BCUT2D eigenvalue weighted by Crippen LogP contribution is 2.56. The number of aryl methyl sites for hydroxylation is 1. The minimum absolute atomic E-state index is 0.371. The van der Waals surface area contributed by atoms with E-state index in [1.54, 1.807) is 31.4 Å². The van der Waals surface area contributed by atoms with Gasteiger partial charge in [-0.2, -0.15) is 0 Å². The molecule has 2 aliphatic rings. The lowest BCUT2D eigenvalue weighted by molar-refractivity contribution is 0.0224. The topological polar surface area (TPSA) is 70.8 Å². The number of ether oxygens (including phenoxy) is 3. The predicted octanol–water partition coefficient (Wildman–Crippen LogP) is 4.15. The van der Waals surface area contributed by atoms with Crippen LogP contribution in [0.15, 0.2) is 54.6 Å². The van der Waals surface area contributed by atoms with E-state index in [1.807, 2.05) is 37.3 Å². The summed E-state index contributed by atoms with van der Waals surface area (Å²) in [6, 6.07) is 16.6. The molecular weight excluding hydrogens is 342 g/mol. The number of nitrogens with two attached hydrogens (primary N) is 1. The molecule has 5 nitrogen and oxygen atoms in total. The van der Waals surface area contributed by atoms with E-state index in [2.05, 4.69) is 0 Å². The van der Waals surface area contributed by atoms with Crippen LogP contribution in [0.2, 0.25) is 0 Å². The van der Waals surface area contributed by atoms with E-state index in [4.69, 9.17) is 19.9 Å². The third kappa shape index (κ3) is 2.02. The van der Waals surface area contributed by atoms with E-state index in [1.165, 1.54) is 0 Å². The van der Waals surface area contributed by atoms with Crippen molar-refractivity contribution in [2.75, 3.05) is 12.8 Å². The summed E-state index contributed by atoms with van der Waals surface area (Å²) >= 11 is 0. The highest BCUT2D eigenvalue weighted by atomic mass is 16.6. The molecule has 0 saturated carbocycles. The molecule has 0 aliphatic carbocycles. The molecular formula is C22H17NO4. The fourth-order valence-electron chi connectivity index (χ4n) is 3.95. The Morgan fingerprint density at radius 3 is 2.44 bits per heavy atom. The number of hydrogen-bond acceptors (Lipinski definition) is 5. The zero-order valence-electron chi connectivity index (χ0n) is 14.9. The van der Waals surface area contributed by atoms with Gasteiger partial charge in [0.15, 0.2) is 5.60 Å². The maximum atomic E-state index is 12.8. The van der Waals surface area contributed by atoms with Gasteiger partial charge in [-0.15, -0.1) is 0 Å². The van der Waals surface area contributed by atoms with Gasteiger partial charge in [0.1, 0.15) is 17.2 Å². The molecule has 0 bridgehead atoms. The van der Waals surface area contributed by atoms with Crippen LogP contribution < -0.4 is 15.2 Å². The summed E-state index contributed by atoms with van der Waals surface area (Å²) in [5.41, 5.74) is 9.30. The molecule has 1 unspecified atom stereocenters. The Hall–Kier alpha value is -3.47. The second-order valence-electron chi connectivity index (χ2n) is 6.84. The third-order valence-corrected chi connectivity index (χ3v) is 5.19. The van der Waals surface area contributed by atoms with Crippen molar-refractivity contribution >= 4 is 11.7 Å². The molecule has 3 aromatic rings. The standard InChI is InChI=1S/C22H17NO4/c1-12-3-7-16-19(9-12)26-20-10-13(23)4-8-17(20)22(16)18-11-14(25-2)5-6-15(18)21(24)27-22/h3-11H,23H2,1-2H3. The minimum Gasteiger partial charge on any atom is -0.497 e. The van der Waals surface area contributed by atoms with Gasteiger partial charge in [-0.05, 0) is 48.9 Å². The Morgan fingerprint density at radius 1 is 0.926 bits per heavy atom. The molecule has 0 saturated heterocycles. The van der Waals surface area contributed by atoms with Gasteiger partial charge in [0.25, 0.3) is 0 Å². The molecule has 0 radical (unpaired) electrons. The third-order valence-electron chi connectivity index (χ3n) is 5.19. The van der Waals surface area contributed by atoms with Crippen LogP contribution in [-0.2, 0) is 10.3 Å². The average molecular weight is 359 g/mol. The molecule has 27 heavy (non-hydrogen) atoms. The Balaban J connectivity index is 1.90. The van der Waals surface area contributed by atoms with Gasteiger partial charge >= 0.3 is 5.97 Å². The summed E-state index contributed by atoms with van der Waals surface area (Å²) < 4.78 is 17.6. The lowest BCUT2D eigenvalue weighted by Gasteiger charge is -2.36. The quantitative estimate of drug-likeness (QED) is 0.522. The largest absolute Gasteiger partial charge is 0.497 e. The summed E-state index contributed by atoms with van der Waals surface area (Å²) in [6.45, 7) is 1.99. The minimum atomic E-state index is -1.09. The number of fused-ring (bicyclic) bond motifs is 6. The second-order valence-corrected chi connectivity index (χ2v) is 6.84. The molecule has 5 rings (SSSR count). The maximum absolute atomic E-state index is 12.8. The van der Waals surface area contributed by atoms with Crippen LogP contribution in [0, 0.1) is 6.92 Å². The van der Waals surface area contributed by atoms with Crippen molar-refractivity contribution in [3.05, 3.63) is 82.4 Å². The number of hydrogen-bond donors (Lipinski definition) is 1. The Bertz CT molecular complexity index is 1070. The Labute approximate surface area is 156 Å². The van der Waals surface area contributed by atoms with Crippen molar-refractivity contribution in [1.29, 1.82) is 0 Å². The summed E-state index contributed by atoms with van der Waals surface area (Å²) in [5, 5.41) is 0. The van der Waals surface area contributed by atoms with Gasteiger partial charge < -0.3 is 19.9 Å². The average Bonchev–Trinajstić information content (AvgIpc) is 2.94. The molecule has 1 atom stereocenters. The van der Waals surface area contributed by atoms with Crippen molar-refractivity contribution in [3.8, 4) is 17.2 Å². The van der Waals surface area contributed by atoms with Gasteiger partial charge in [-0.3, -0.25) is 0 Å². The van der Waals surface area contributed by atoms with Gasteiger partial charge in [0.2, 0.25) is 0 Å². The normalized spacial score (nSPS) is 19.0. The summed E-state index contributed by atoms with van der Waals surface area (Å²) in [5.74, 6) is 1.51. The predicted molar refractivity (Wildman–Crippen MR) is 100 cm³/mol. The van der Waals surface area contributed by atoms with Gasteiger partial charge in [-0.25, -0.2) is 4.79 Å². The number of rotatable bonds is 1. The zero-order chi connectivity index (χ0) is 18.8. The molecule has 2 aliphatic heterocycles. The van der Waals surface area contributed by atoms with Crippen molar-refractivity contribution < 1.29 is 19.0 Å². The lowest BCUT2D eigenvalue weighted by Crippen LogP contribution is -2.33. The molecule has 2 heterocycles. The highest BCUT2D eigenvalue weighted by molar-refractivity contribution is 5.97. The van der Waals surface area contributed by atoms with Crippen LogP contribution in [0.5, 0.6) is 17.2 Å². The van der Waals surface area contributed by atoms with Crippen LogP contribution in [0.1, 0.15) is 32.6 Å². The van der Waals surface area contributed by atoms with E-state index in [0.717, 1.165) is 22.3 Å². The molecule has 2 N–H and O–H groups in total. The number of methoxy groups -OCH3 is 1. The van der Waals surface area contributed by atoms with Gasteiger partial charge in [-0.1, -0.05) is 12.1 Å². The Kier molecular flexibility index (Phi) is 3.07. The molecule has 0 amide bonds. The van der Waals surface area contributed by atoms with Gasteiger partial charge in [0.05, 0.1) is 12.7 Å². The number of anilines is 1. The zero-order valence-corrected chi connectivity index (χ0v) is 14.9. The monoisotopic (exact) mass is 359 g/mol. The molecule has 3 aromatic carbocycles. The fourth-order valence-corrected chi connectivity index (χ4v) is 3.95. The first-order valence-electron chi connectivity index (χ1n) is 8.64. The Morgan fingerprint density at radius 2 is 1.67 bits per heavy atom. The summed E-state index contributed by atoms with van der Waals surface area (Å²) in [6.07, 6.45) is 0. The first kappa shape index (κ1) is 15.8. The summed E-state index contributed by atoms with van der Waals surface area (Å²) in [7, 11) is 1.60. The van der Waals surface area contributed by atoms with Crippen molar-refractivity contribution in [2.24, 2.45) is 0 Å². The van der Waals surface area contributed by atoms with Crippen LogP contribution in [0.4, 0.5) is 5.69 Å². The van der Waals surface area contributed by atoms with E-state index < -0.39 is 5.60 Å². The second kappa shape index (κ2) is 5.27. The molecule has 1 spiro atoms. The van der Waals surface area contributed by atoms with E-state index >= 15 is 0 Å². The molecule has 5 heteroatoms. The van der Waals surface area contributed by atoms with E-state index in [9.17, 15) is 4.79 Å². The molecule has 0 fully saturated rings. The number of benzene rings is 3. The number of carbonyl (C=O) groups is 1. The van der Waals surface area contributed by atoms with Crippen molar-refractivity contribution in [1.82, 2.24) is 0 Å². The van der Waals surface area contributed by atoms with Crippen LogP contribution in [0.25, 0.3) is 0 Å². The van der Waals surface area contributed by atoms with Crippen molar-refractivity contribution in [2.45, 2.75) is 12.5 Å². The first-order valence-corrected chi connectivity index (χ1v) is 8.64. The van der Waals surface area contributed by atoms with Crippen LogP contribution in [-0.4, -0.2) is 13.1 Å². The number of carbonyl (C=O) groups excluding carboxylic acids is 1. The fraction of sp³-hybridized carbons (Fsp3) is 0.136. The van der Waals surface area contributed by atoms with E-state index in [0.29, 0.717) is 28.5 Å². The summed E-state index contributed by atoms with van der Waals surface area (Å²) in [4.78, 5) is 12.8. The SMILES string of the molecule is COc1ccc2c(c1)C1(OC2=O)c2ccc(C)cc2Oc2cc(N)ccc21. The smallest absolute Gasteiger partial charge is 0.340 e.